The van der Waals surface area contributed by atoms with E-state index in [0.717, 1.165) is 6.42 Å². The van der Waals surface area contributed by atoms with Crippen molar-refractivity contribution in [2.75, 3.05) is 26.1 Å². The molecule has 0 unspecified atom stereocenters. The van der Waals surface area contributed by atoms with Gasteiger partial charge in [0, 0.05) is 13.1 Å². The van der Waals surface area contributed by atoms with Crippen LogP contribution in [-0.4, -0.2) is 35.7 Å². The third-order valence-electron chi connectivity index (χ3n) is 2.69. The fourth-order valence-corrected chi connectivity index (χ4v) is 1.65. The molecule has 2 rings (SSSR count). The number of hydrogen-bond acceptors (Lipinski definition) is 6. The van der Waals surface area contributed by atoms with Crippen LogP contribution in [0.4, 0.5) is 10.3 Å². The van der Waals surface area contributed by atoms with Gasteiger partial charge in [-0.3, -0.25) is 0 Å². The molecule has 0 bridgehead atoms. The van der Waals surface area contributed by atoms with Crippen LogP contribution in [0.3, 0.4) is 0 Å². The molecule has 0 atom stereocenters. The summed E-state index contributed by atoms with van der Waals surface area (Å²) in [5.41, 5.74) is 0.260. The largest absolute Gasteiger partial charge is 0.497 e. The lowest BCUT2D eigenvalue weighted by atomic mass is 10.2. The summed E-state index contributed by atoms with van der Waals surface area (Å²) in [7, 11) is 3.15. The van der Waals surface area contributed by atoms with Crippen molar-refractivity contribution in [1.29, 1.82) is 0 Å². The first-order valence-corrected chi connectivity index (χ1v) is 6.58. The molecule has 1 heterocycles. The van der Waals surface area contributed by atoms with E-state index in [1.807, 2.05) is 6.92 Å². The van der Waals surface area contributed by atoms with Gasteiger partial charge in [-0.15, -0.1) is 0 Å². The van der Waals surface area contributed by atoms with Crippen molar-refractivity contribution in [1.82, 2.24) is 15.0 Å². The number of ether oxygens (including phenoxy) is 2. The Morgan fingerprint density at radius 3 is 2.67 bits per heavy atom. The van der Waals surface area contributed by atoms with E-state index < -0.39 is 5.82 Å². The summed E-state index contributed by atoms with van der Waals surface area (Å²) < 4.78 is 24.5. The van der Waals surface area contributed by atoms with E-state index in [-0.39, 0.29) is 17.4 Å². The Bertz CT molecular complexity index is 622. The Kier molecular flexibility index (Phi) is 4.86. The molecule has 1 N–H and O–H groups in total. The minimum absolute atomic E-state index is 0.168. The normalized spacial score (nSPS) is 10.3. The maximum Gasteiger partial charge on any atom is 0.321 e. The molecule has 0 fully saturated rings. The van der Waals surface area contributed by atoms with Gasteiger partial charge in [0.2, 0.25) is 5.95 Å². The van der Waals surface area contributed by atoms with Gasteiger partial charge in [-0.25, -0.2) is 4.39 Å². The van der Waals surface area contributed by atoms with E-state index in [0.29, 0.717) is 18.3 Å². The van der Waals surface area contributed by atoms with Crippen LogP contribution in [0.15, 0.2) is 18.2 Å². The van der Waals surface area contributed by atoms with Crippen molar-refractivity contribution in [2.45, 2.75) is 13.3 Å². The van der Waals surface area contributed by atoms with E-state index in [1.165, 1.54) is 13.2 Å². The minimum atomic E-state index is -0.468. The molecule has 21 heavy (non-hydrogen) atoms. The summed E-state index contributed by atoms with van der Waals surface area (Å²) in [6.45, 7) is 2.46. The Morgan fingerprint density at radius 1 is 1.24 bits per heavy atom. The lowest BCUT2D eigenvalue weighted by Crippen LogP contribution is -2.06. The molecule has 0 aliphatic heterocycles. The molecule has 0 saturated carbocycles. The Labute approximate surface area is 122 Å². The van der Waals surface area contributed by atoms with Crippen molar-refractivity contribution >= 4 is 5.95 Å². The van der Waals surface area contributed by atoms with Crippen molar-refractivity contribution in [2.24, 2.45) is 0 Å². The summed E-state index contributed by atoms with van der Waals surface area (Å²) in [5, 5.41) is 2.81. The van der Waals surface area contributed by atoms with Crippen molar-refractivity contribution in [3.63, 3.8) is 0 Å². The van der Waals surface area contributed by atoms with Gasteiger partial charge < -0.3 is 14.8 Å². The molecular formula is C14H17FN4O2. The monoisotopic (exact) mass is 292 g/mol. The van der Waals surface area contributed by atoms with Gasteiger partial charge >= 0.3 is 6.01 Å². The Hall–Kier alpha value is -2.44. The quantitative estimate of drug-likeness (QED) is 0.882. The predicted octanol–water partition coefficient (Wildman–Crippen LogP) is 2.52. The fraction of sp³-hybridized carbons (Fsp3) is 0.357. The average Bonchev–Trinajstić information content (AvgIpc) is 2.52. The van der Waals surface area contributed by atoms with E-state index in [4.69, 9.17) is 9.47 Å². The van der Waals surface area contributed by atoms with Gasteiger partial charge in [0.25, 0.3) is 0 Å². The zero-order valence-electron chi connectivity index (χ0n) is 12.2. The van der Waals surface area contributed by atoms with E-state index in [9.17, 15) is 4.39 Å². The Morgan fingerprint density at radius 2 is 2.05 bits per heavy atom. The van der Waals surface area contributed by atoms with Gasteiger partial charge in [-0.1, -0.05) is 6.92 Å². The summed E-state index contributed by atoms with van der Waals surface area (Å²) in [5.74, 6) is 0.493. The van der Waals surface area contributed by atoms with Crippen molar-refractivity contribution in [3.8, 4) is 23.1 Å². The van der Waals surface area contributed by atoms with Gasteiger partial charge in [-0.2, -0.15) is 15.0 Å². The molecule has 1 aromatic carbocycles. The van der Waals surface area contributed by atoms with Crippen LogP contribution >= 0.6 is 0 Å². The Balaban J connectivity index is 2.42. The van der Waals surface area contributed by atoms with Crippen LogP contribution < -0.4 is 14.8 Å². The molecule has 112 valence electrons. The molecule has 2 aromatic rings. The smallest absolute Gasteiger partial charge is 0.321 e. The molecule has 0 aliphatic carbocycles. The molecular weight excluding hydrogens is 275 g/mol. The summed E-state index contributed by atoms with van der Waals surface area (Å²) in [4.78, 5) is 12.4. The lowest BCUT2D eigenvalue weighted by Gasteiger charge is -2.08. The van der Waals surface area contributed by atoms with E-state index in [2.05, 4.69) is 20.3 Å². The van der Waals surface area contributed by atoms with Gasteiger partial charge in [-0.05, 0) is 18.6 Å². The number of anilines is 1. The number of nitrogens with one attached hydrogen (secondary N) is 1. The highest BCUT2D eigenvalue weighted by Gasteiger charge is 2.13. The average molecular weight is 292 g/mol. The predicted molar refractivity (Wildman–Crippen MR) is 77.1 cm³/mol. The van der Waals surface area contributed by atoms with Crippen LogP contribution in [0.5, 0.6) is 11.8 Å². The van der Waals surface area contributed by atoms with Gasteiger partial charge in [0.05, 0.1) is 19.3 Å². The maximum atomic E-state index is 14.1. The zero-order chi connectivity index (χ0) is 15.2. The number of hydrogen-bond donors (Lipinski definition) is 1. The second-order valence-electron chi connectivity index (χ2n) is 4.21. The standard InChI is InChI=1S/C14H17FN4O2/c1-4-7-21-14-18-12(17-13(16-2)19-14)10-6-5-9(20-3)8-11(10)15/h5-6,8H,4,7H2,1-3H3,(H,16,17,18,19). The van der Waals surface area contributed by atoms with Crippen LogP contribution in [0.1, 0.15) is 13.3 Å². The highest BCUT2D eigenvalue weighted by atomic mass is 19.1. The first kappa shape index (κ1) is 15.0. The highest BCUT2D eigenvalue weighted by Crippen LogP contribution is 2.25. The van der Waals surface area contributed by atoms with Crippen molar-refractivity contribution in [3.05, 3.63) is 24.0 Å². The molecule has 0 amide bonds. The van der Waals surface area contributed by atoms with Crippen LogP contribution in [0.2, 0.25) is 0 Å². The number of aromatic nitrogens is 3. The number of halogens is 1. The molecule has 0 saturated heterocycles. The molecule has 0 spiro atoms. The third kappa shape index (κ3) is 3.56. The summed E-state index contributed by atoms with van der Waals surface area (Å²) in [6, 6.07) is 4.66. The second kappa shape index (κ2) is 6.83. The maximum absolute atomic E-state index is 14.1. The van der Waals surface area contributed by atoms with Crippen LogP contribution in [0.25, 0.3) is 11.4 Å². The number of nitrogens with zero attached hydrogens (tertiary/aromatic N) is 3. The number of methoxy groups -OCH3 is 1. The second-order valence-corrected chi connectivity index (χ2v) is 4.21. The number of benzene rings is 1. The lowest BCUT2D eigenvalue weighted by molar-refractivity contribution is 0.292. The van der Waals surface area contributed by atoms with E-state index >= 15 is 0 Å². The first-order valence-electron chi connectivity index (χ1n) is 6.58. The molecule has 1 aromatic heterocycles. The topological polar surface area (TPSA) is 69.2 Å². The van der Waals surface area contributed by atoms with E-state index in [1.54, 1.807) is 19.2 Å². The minimum Gasteiger partial charge on any atom is -0.497 e. The van der Waals surface area contributed by atoms with Crippen molar-refractivity contribution < 1.29 is 13.9 Å². The van der Waals surface area contributed by atoms with Gasteiger partial charge in [0.1, 0.15) is 11.6 Å². The first-order chi connectivity index (χ1) is 10.2. The third-order valence-corrected chi connectivity index (χ3v) is 2.69. The number of rotatable bonds is 6. The van der Waals surface area contributed by atoms with Crippen LogP contribution in [-0.2, 0) is 0 Å². The highest BCUT2D eigenvalue weighted by molar-refractivity contribution is 5.58. The SMILES string of the molecule is CCCOc1nc(NC)nc(-c2ccc(OC)cc2F)n1. The fourth-order valence-electron chi connectivity index (χ4n) is 1.65. The molecule has 6 nitrogen and oxygen atoms in total. The molecule has 0 aliphatic rings. The summed E-state index contributed by atoms with van der Waals surface area (Å²) >= 11 is 0. The molecule has 7 heteroatoms. The van der Waals surface area contributed by atoms with Gasteiger partial charge in [0.15, 0.2) is 5.82 Å². The zero-order valence-corrected chi connectivity index (χ0v) is 12.2. The molecule has 0 radical (unpaired) electrons. The van der Waals surface area contributed by atoms with Crippen LogP contribution in [0, 0.1) is 5.82 Å². The summed E-state index contributed by atoms with van der Waals surface area (Å²) in [6.07, 6.45) is 0.826.